The molecule has 0 atom stereocenters. The Balaban J connectivity index is 0.00000275. The predicted octanol–water partition coefficient (Wildman–Crippen LogP) is 13.3. The second-order valence-electron chi connectivity index (χ2n) is 18.6. The van der Waals surface area contributed by atoms with Crippen LogP contribution in [0.15, 0.2) is 166 Å². The van der Waals surface area contributed by atoms with Crippen LogP contribution in [0.4, 0.5) is 8.63 Å². The number of halogens is 4. The largest absolute Gasteiger partial charge is 0.935 e. The summed E-state index contributed by atoms with van der Waals surface area (Å²) in [5, 5.41) is 12.0. The lowest BCUT2D eigenvalue weighted by Crippen LogP contribution is -2.31. The molecule has 0 saturated heterocycles. The Kier molecular flexibility index (Phi) is 12.3. The normalized spacial score (nSPS) is 14.4. The fourth-order valence-corrected chi connectivity index (χ4v) is 13.1. The molecule has 0 unspecified atom stereocenters. The van der Waals surface area contributed by atoms with Crippen molar-refractivity contribution in [3.8, 4) is 22.7 Å². The molecule has 3 aliphatic rings. The molecule has 1 aliphatic heterocycles. The Morgan fingerprint density at radius 1 is 0.716 bits per heavy atom. The number of aliphatic hydroxyl groups excluding tert-OH is 1. The summed E-state index contributed by atoms with van der Waals surface area (Å²) >= 11 is 16.0. The van der Waals surface area contributed by atoms with Crippen LogP contribution in [0, 0.1) is 0 Å². The minimum atomic E-state index is -2.89. The SMILES string of the molecule is CO.O=C(CCCc1ccc(-n2c(=O)c3ccc4sc5ccccc5c5ccc(c2=O)c3c45)cc1)Oc1cc(Cl)c(/C(=C2\C=C3CCc4ccccc4C3=[N+]2B(F)F)c2cc3c([nH]2)-c2ccccc2CC3)c(Cl)c1. The topological polar surface area (TPSA) is 104 Å². The van der Waals surface area contributed by atoms with Crippen LogP contribution in [0.25, 0.3) is 64.2 Å². The minimum absolute atomic E-state index is 0.0666. The predicted molar refractivity (Wildman–Crippen MR) is 295 cm³/mol. The van der Waals surface area contributed by atoms with E-state index in [1.54, 1.807) is 23.5 Å². The van der Waals surface area contributed by atoms with Crippen molar-refractivity contribution >= 4 is 101 Å². The fraction of sp³-hybridized carbons (Fsp3) is 0.133. The number of carbonyl (C=O) groups is 1. The van der Waals surface area contributed by atoms with Crippen LogP contribution in [0.1, 0.15) is 58.3 Å². The van der Waals surface area contributed by atoms with E-state index in [0.717, 1.165) is 95.5 Å². The number of esters is 1. The molecule has 0 bridgehead atoms. The maximum absolute atomic E-state index is 15.6. The van der Waals surface area contributed by atoms with Gasteiger partial charge in [-0.3, -0.25) is 14.4 Å². The second kappa shape index (κ2) is 19.1. The number of aromatic nitrogens is 2. The summed E-state index contributed by atoms with van der Waals surface area (Å²) in [6, 6.07) is 43.9. The third-order valence-corrected chi connectivity index (χ3v) is 16.3. The van der Waals surface area contributed by atoms with E-state index in [2.05, 4.69) is 29.2 Å². The minimum Gasteiger partial charge on any atom is -0.426 e. The van der Waals surface area contributed by atoms with Gasteiger partial charge in [0.15, 0.2) is 11.4 Å². The highest BCUT2D eigenvalue weighted by Crippen LogP contribution is 2.46. The van der Waals surface area contributed by atoms with Crippen molar-refractivity contribution < 1.29 is 27.8 Å². The summed E-state index contributed by atoms with van der Waals surface area (Å²) in [7, 11) is -1.89. The molecule has 0 saturated carbocycles. The first-order valence-corrected chi connectivity index (χ1v) is 25.9. The number of ether oxygens (including phenoxy) is 1. The van der Waals surface area contributed by atoms with Crippen molar-refractivity contribution in [1.29, 1.82) is 0 Å². The number of aromatic amines is 1. The second-order valence-corrected chi connectivity index (χ2v) is 20.5. The molecule has 2 N–H and O–H groups in total. The highest BCUT2D eigenvalue weighted by molar-refractivity contribution is 7.25. The Labute approximate surface area is 437 Å². The quantitative estimate of drug-likeness (QED) is 0.0493. The van der Waals surface area contributed by atoms with Gasteiger partial charge in [0.2, 0.25) is 0 Å². The molecule has 8 nitrogen and oxygen atoms in total. The zero-order chi connectivity index (χ0) is 50.9. The lowest BCUT2D eigenvalue weighted by atomic mass is 9.86. The molecule has 364 valence electrons. The summed E-state index contributed by atoms with van der Waals surface area (Å²) in [6.07, 6.45) is 5.79. The van der Waals surface area contributed by atoms with Crippen LogP contribution in [0.5, 0.6) is 5.75 Å². The Bertz CT molecular complexity index is 4140. The van der Waals surface area contributed by atoms with Gasteiger partial charge in [-0.25, -0.2) is 17.7 Å². The fourth-order valence-electron chi connectivity index (χ4n) is 11.3. The van der Waals surface area contributed by atoms with E-state index in [1.807, 2.05) is 97.1 Å². The van der Waals surface area contributed by atoms with Gasteiger partial charge in [-0.1, -0.05) is 102 Å². The summed E-state index contributed by atoms with van der Waals surface area (Å²) in [5.41, 5.74) is 9.52. The third kappa shape index (κ3) is 7.90. The number of hydrogen-bond donors (Lipinski definition) is 2. The van der Waals surface area contributed by atoms with Crippen LogP contribution in [0.2, 0.25) is 10.0 Å². The molecule has 0 fully saturated rings. The number of H-pyrrole nitrogens is 1. The molecule has 3 aromatic heterocycles. The number of aliphatic hydroxyl groups is 1. The molecule has 10 aromatic rings. The summed E-state index contributed by atoms with van der Waals surface area (Å²) in [4.78, 5) is 45.1. The smallest absolute Gasteiger partial charge is 0.426 e. The summed E-state index contributed by atoms with van der Waals surface area (Å²) < 4.78 is 41.6. The van der Waals surface area contributed by atoms with Crippen molar-refractivity contribution in [3.63, 3.8) is 0 Å². The number of rotatable bonds is 9. The molecule has 4 heterocycles. The number of carbonyl (C=O) groups excluding carboxylic acids is 1. The van der Waals surface area contributed by atoms with Crippen LogP contribution >= 0.6 is 34.5 Å². The average Bonchev–Trinajstić information content (AvgIpc) is 4.05. The Hall–Kier alpha value is -7.48. The van der Waals surface area contributed by atoms with Crippen molar-refractivity contribution in [2.75, 3.05) is 7.11 Å². The molecular formula is C60H43BCl2F2N3O5S+. The first-order chi connectivity index (χ1) is 36.1. The zero-order valence-electron chi connectivity index (χ0n) is 39.8. The zero-order valence-corrected chi connectivity index (χ0v) is 42.1. The van der Waals surface area contributed by atoms with Gasteiger partial charge in [-0.15, -0.1) is 11.3 Å². The molecule has 2 aliphatic carbocycles. The highest BCUT2D eigenvalue weighted by Gasteiger charge is 2.48. The summed E-state index contributed by atoms with van der Waals surface area (Å²) in [6.45, 7) is 0. The van der Waals surface area contributed by atoms with Gasteiger partial charge in [0, 0.05) is 90.6 Å². The number of fused-ring (bicyclic) bond motifs is 8. The van der Waals surface area contributed by atoms with E-state index < -0.39 is 13.4 Å². The van der Waals surface area contributed by atoms with Crippen LogP contribution in [0.3, 0.4) is 0 Å². The molecule has 7 aromatic carbocycles. The van der Waals surface area contributed by atoms with Gasteiger partial charge in [0.1, 0.15) is 5.75 Å². The maximum atomic E-state index is 15.6. The number of allylic oxidation sites excluding steroid dienone is 2. The van der Waals surface area contributed by atoms with E-state index in [0.29, 0.717) is 63.7 Å². The molecule has 0 radical (unpaired) electrons. The van der Waals surface area contributed by atoms with Crippen molar-refractivity contribution in [2.24, 2.45) is 0 Å². The van der Waals surface area contributed by atoms with Gasteiger partial charge in [-0.2, -0.15) is 0 Å². The Morgan fingerprint density at radius 2 is 1.35 bits per heavy atom. The van der Waals surface area contributed by atoms with E-state index >= 15 is 8.63 Å². The van der Waals surface area contributed by atoms with Crippen LogP contribution in [-0.2, 0) is 30.5 Å². The van der Waals surface area contributed by atoms with Gasteiger partial charge in [0.05, 0.1) is 27.0 Å². The van der Waals surface area contributed by atoms with Gasteiger partial charge in [0.25, 0.3) is 11.1 Å². The molecule has 13 rings (SSSR count). The van der Waals surface area contributed by atoms with Crippen molar-refractivity contribution in [3.05, 3.63) is 227 Å². The number of nitrogens with one attached hydrogen (secondary N) is 1. The van der Waals surface area contributed by atoms with Crippen LogP contribution < -0.4 is 15.9 Å². The van der Waals surface area contributed by atoms with E-state index in [9.17, 15) is 14.4 Å². The number of pyridine rings is 1. The highest BCUT2D eigenvalue weighted by atomic mass is 35.5. The molecular weight excluding hydrogens is 994 g/mol. The molecule has 0 spiro atoms. The Morgan fingerprint density at radius 3 is 2.09 bits per heavy atom. The van der Waals surface area contributed by atoms with Crippen molar-refractivity contribution in [2.45, 2.75) is 44.9 Å². The van der Waals surface area contributed by atoms with Crippen molar-refractivity contribution in [1.82, 2.24) is 9.55 Å². The molecule has 0 amide bonds. The summed E-state index contributed by atoms with van der Waals surface area (Å²) in [5.74, 6) is -0.379. The van der Waals surface area contributed by atoms with Crippen LogP contribution in [-0.4, -0.2) is 45.3 Å². The standard InChI is InChI=1S/C59H38BCl2F2N3O4S.CH4O/c61-45-30-38(71-51(68)15-7-8-32-16-22-37(23-17-32)66-58(69)43-25-24-42-41-13-5-6-14-49(41)72-50-27-26-44(59(66)70)52(43)53(42)50)31-46(62)54(45)55(47-28-35-20-18-33-9-1-3-11-39(33)56(35)65-47)48-29-36-21-19-34-10-2-4-12-40(34)57(36)67(48)60(63)64;1-2/h1-6,9-14,16-17,22-31H,7-8,15,18-21H2;2H,1H3/p+1. The van der Waals surface area contributed by atoms with E-state index in [4.69, 9.17) is 33.0 Å². The first kappa shape index (κ1) is 47.5. The number of hydrogen-bond acceptors (Lipinski definition) is 6. The third-order valence-electron chi connectivity index (χ3n) is 14.5. The van der Waals surface area contributed by atoms with E-state index in [1.165, 1.54) is 22.3 Å². The molecule has 74 heavy (non-hydrogen) atoms. The van der Waals surface area contributed by atoms with Gasteiger partial charge in [-0.05, 0) is 120 Å². The average molecular weight is 1040 g/mol. The number of aryl methyl sites for hydroxylation is 4. The van der Waals surface area contributed by atoms with Gasteiger partial charge >= 0.3 is 13.4 Å². The monoisotopic (exact) mass is 1040 g/mol. The first-order valence-electron chi connectivity index (χ1n) is 24.4. The molecule has 14 heteroatoms. The lowest BCUT2D eigenvalue weighted by Gasteiger charge is -2.17. The number of nitrogens with zero attached hydrogens (tertiary/aromatic N) is 2. The lowest BCUT2D eigenvalue weighted by molar-refractivity contribution is -0.340. The number of benzene rings is 7. The maximum Gasteiger partial charge on any atom is 0.935 e. The van der Waals surface area contributed by atoms with E-state index in [-0.39, 0.29) is 39.0 Å². The van der Waals surface area contributed by atoms with Gasteiger partial charge < -0.3 is 14.8 Å².